The predicted octanol–water partition coefficient (Wildman–Crippen LogP) is 0.301. The summed E-state index contributed by atoms with van der Waals surface area (Å²) in [5.41, 5.74) is 0.466. The first-order chi connectivity index (χ1) is 8.58. The van der Waals surface area contributed by atoms with Crippen LogP contribution in [-0.4, -0.2) is 33.9 Å². The monoisotopic (exact) mass is 250 g/mol. The van der Waals surface area contributed by atoms with Crippen molar-refractivity contribution in [1.29, 1.82) is 5.26 Å². The van der Waals surface area contributed by atoms with Crippen LogP contribution in [-0.2, 0) is 9.53 Å². The topological polar surface area (TPSA) is 103 Å². The molecule has 1 aromatic heterocycles. The minimum absolute atomic E-state index is 0.134. The molecule has 0 aliphatic heterocycles. The first-order valence-corrected chi connectivity index (χ1v) is 5.46. The number of rotatable bonds is 5. The molecule has 6 nitrogen and oxygen atoms in total. The lowest BCUT2D eigenvalue weighted by Gasteiger charge is -2.17. The van der Waals surface area contributed by atoms with E-state index in [0.29, 0.717) is 5.56 Å². The molecule has 0 aliphatic carbocycles. The summed E-state index contributed by atoms with van der Waals surface area (Å²) in [7, 11) is 0. The van der Waals surface area contributed by atoms with Gasteiger partial charge in [0, 0.05) is 6.20 Å². The van der Waals surface area contributed by atoms with Crippen molar-refractivity contribution < 1.29 is 19.7 Å². The van der Waals surface area contributed by atoms with Gasteiger partial charge in [-0.3, -0.25) is 4.79 Å². The Balaban J connectivity index is 2.71. The highest BCUT2D eigenvalue weighted by molar-refractivity contribution is 5.70. The largest absolute Gasteiger partial charge is 0.466 e. The van der Waals surface area contributed by atoms with Crippen LogP contribution in [0.1, 0.15) is 30.7 Å². The fourth-order valence-electron chi connectivity index (χ4n) is 1.42. The Labute approximate surface area is 104 Å². The van der Waals surface area contributed by atoms with Crippen molar-refractivity contribution in [2.45, 2.75) is 25.6 Å². The van der Waals surface area contributed by atoms with Gasteiger partial charge in [-0.1, -0.05) is 0 Å². The third kappa shape index (κ3) is 3.80. The SMILES string of the molecule is CCOC(=O)CC(O)C(O)c1ccnc(C#N)c1. The van der Waals surface area contributed by atoms with Gasteiger partial charge in [-0.05, 0) is 24.6 Å². The summed E-state index contributed by atoms with van der Waals surface area (Å²) >= 11 is 0. The maximum atomic E-state index is 11.2. The molecule has 96 valence electrons. The van der Waals surface area contributed by atoms with Crippen LogP contribution in [0.2, 0.25) is 0 Å². The van der Waals surface area contributed by atoms with Crippen molar-refractivity contribution in [1.82, 2.24) is 4.98 Å². The lowest BCUT2D eigenvalue weighted by atomic mass is 10.0. The maximum absolute atomic E-state index is 11.2. The number of carbonyl (C=O) groups is 1. The molecule has 0 saturated carbocycles. The number of ether oxygens (including phenoxy) is 1. The van der Waals surface area contributed by atoms with E-state index < -0.39 is 18.2 Å². The maximum Gasteiger partial charge on any atom is 0.308 e. The van der Waals surface area contributed by atoms with Gasteiger partial charge in [-0.25, -0.2) is 4.98 Å². The molecule has 2 N–H and O–H groups in total. The van der Waals surface area contributed by atoms with E-state index >= 15 is 0 Å². The molecule has 2 atom stereocenters. The molecule has 0 amide bonds. The van der Waals surface area contributed by atoms with Gasteiger partial charge >= 0.3 is 5.97 Å². The number of aliphatic hydroxyl groups excluding tert-OH is 2. The zero-order chi connectivity index (χ0) is 13.5. The van der Waals surface area contributed by atoms with Crippen LogP contribution >= 0.6 is 0 Å². The van der Waals surface area contributed by atoms with Crippen molar-refractivity contribution >= 4 is 5.97 Å². The number of esters is 1. The molecule has 0 bridgehead atoms. The highest BCUT2D eigenvalue weighted by Crippen LogP contribution is 2.19. The molecule has 1 aromatic rings. The third-order valence-corrected chi connectivity index (χ3v) is 2.29. The van der Waals surface area contributed by atoms with Crippen LogP contribution in [0.15, 0.2) is 18.3 Å². The van der Waals surface area contributed by atoms with Crippen LogP contribution in [0.25, 0.3) is 0 Å². The molecule has 1 rings (SSSR count). The molecular weight excluding hydrogens is 236 g/mol. The summed E-state index contributed by atoms with van der Waals surface area (Å²) < 4.78 is 4.67. The molecule has 18 heavy (non-hydrogen) atoms. The van der Waals surface area contributed by atoms with E-state index in [1.807, 2.05) is 6.07 Å². The normalized spacial score (nSPS) is 13.4. The highest BCUT2D eigenvalue weighted by atomic mass is 16.5. The molecule has 0 spiro atoms. The minimum Gasteiger partial charge on any atom is -0.466 e. The van der Waals surface area contributed by atoms with Crippen LogP contribution < -0.4 is 0 Å². The van der Waals surface area contributed by atoms with Crippen molar-refractivity contribution in [2.75, 3.05) is 6.61 Å². The Bertz CT molecular complexity index is 456. The van der Waals surface area contributed by atoms with Crippen molar-refractivity contribution in [3.05, 3.63) is 29.6 Å². The Kier molecular flexibility index (Phi) is 5.24. The number of nitriles is 1. The Hall–Kier alpha value is -1.97. The van der Waals surface area contributed by atoms with Gasteiger partial charge in [0.15, 0.2) is 0 Å². The number of aliphatic hydroxyl groups is 2. The molecule has 0 saturated heterocycles. The molecule has 6 heteroatoms. The molecule has 0 fully saturated rings. The molecular formula is C12H14N2O4. The fourth-order valence-corrected chi connectivity index (χ4v) is 1.42. The van der Waals surface area contributed by atoms with Crippen molar-refractivity contribution in [3.63, 3.8) is 0 Å². The molecule has 0 aliphatic rings. The van der Waals surface area contributed by atoms with E-state index in [4.69, 9.17) is 5.26 Å². The van der Waals surface area contributed by atoms with E-state index in [-0.39, 0.29) is 18.7 Å². The van der Waals surface area contributed by atoms with Gasteiger partial charge < -0.3 is 14.9 Å². The molecule has 2 unspecified atom stereocenters. The van der Waals surface area contributed by atoms with Crippen LogP contribution in [0, 0.1) is 11.3 Å². The summed E-state index contributed by atoms with van der Waals surface area (Å²) in [4.78, 5) is 14.9. The Morgan fingerprint density at radius 3 is 2.94 bits per heavy atom. The summed E-state index contributed by atoms with van der Waals surface area (Å²) in [6, 6.07) is 4.66. The van der Waals surface area contributed by atoms with Gasteiger partial charge in [-0.2, -0.15) is 5.26 Å². The number of nitrogens with zero attached hydrogens (tertiary/aromatic N) is 2. The predicted molar refractivity (Wildman–Crippen MR) is 61.2 cm³/mol. The second kappa shape index (κ2) is 6.69. The number of pyridine rings is 1. The van der Waals surface area contributed by atoms with Crippen molar-refractivity contribution in [2.24, 2.45) is 0 Å². The van der Waals surface area contributed by atoms with Gasteiger partial charge in [0.2, 0.25) is 0 Å². The number of hydrogen-bond acceptors (Lipinski definition) is 6. The van der Waals surface area contributed by atoms with Gasteiger partial charge in [0.1, 0.15) is 17.9 Å². The van der Waals surface area contributed by atoms with Gasteiger partial charge in [0.05, 0.1) is 19.1 Å². The van der Waals surface area contributed by atoms with E-state index in [0.717, 1.165) is 0 Å². The number of aromatic nitrogens is 1. The fraction of sp³-hybridized carbons (Fsp3) is 0.417. The second-order valence-corrected chi connectivity index (χ2v) is 3.61. The first-order valence-electron chi connectivity index (χ1n) is 5.46. The smallest absolute Gasteiger partial charge is 0.308 e. The number of hydrogen-bond donors (Lipinski definition) is 2. The summed E-state index contributed by atoms with van der Waals surface area (Å²) in [6.07, 6.45) is -1.49. The first kappa shape index (κ1) is 14.1. The van der Waals surface area contributed by atoms with Crippen LogP contribution in [0.5, 0.6) is 0 Å². The summed E-state index contributed by atoms with van der Waals surface area (Å²) in [6.45, 7) is 1.87. The third-order valence-electron chi connectivity index (χ3n) is 2.29. The molecule has 0 radical (unpaired) electrons. The van der Waals surface area contributed by atoms with E-state index in [1.165, 1.54) is 18.3 Å². The summed E-state index contributed by atoms with van der Waals surface area (Å²) in [5, 5.41) is 28.2. The van der Waals surface area contributed by atoms with Gasteiger partial charge in [0.25, 0.3) is 0 Å². The quantitative estimate of drug-likeness (QED) is 0.728. The second-order valence-electron chi connectivity index (χ2n) is 3.61. The average molecular weight is 250 g/mol. The van der Waals surface area contributed by atoms with E-state index in [1.54, 1.807) is 6.92 Å². The summed E-state index contributed by atoms with van der Waals surface area (Å²) in [5.74, 6) is -0.585. The average Bonchev–Trinajstić information content (AvgIpc) is 2.38. The minimum atomic E-state index is -1.28. The van der Waals surface area contributed by atoms with Crippen molar-refractivity contribution in [3.8, 4) is 6.07 Å². The Morgan fingerprint density at radius 1 is 1.61 bits per heavy atom. The van der Waals surface area contributed by atoms with Crippen LogP contribution in [0.3, 0.4) is 0 Å². The van der Waals surface area contributed by atoms with Gasteiger partial charge in [-0.15, -0.1) is 0 Å². The van der Waals surface area contributed by atoms with E-state index in [2.05, 4.69) is 9.72 Å². The Morgan fingerprint density at radius 2 is 2.33 bits per heavy atom. The highest BCUT2D eigenvalue weighted by Gasteiger charge is 2.22. The zero-order valence-corrected chi connectivity index (χ0v) is 9.91. The molecule has 1 heterocycles. The number of carbonyl (C=O) groups excluding carboxylic acids is 1. The molecule has 0 aromatic carbocycles. The van der Waals surface area contributed by atoms with Crippen LogP contribution in [0.4, 0.5) is 0 Å². The lowest BCUT2D eigenvalue weighted by Crippen LogP contribution is -2.23. The van der Waals surface area contributed by atoms with E-state index in [9.17, 15) is 15.0 Å². The standard InChI is InChI=1S/C12H14N2O4/c1-2-18-11(16)6-10(15)12(17)8-3-4-14-9(5-8)7-13/h3-5,10,12,15,17H,2,6H2,1H3. The lowest BCUT2D eigenvalue weighted by molar-refractivity contribution is -0.147. The zero-order valence-electron chi connectivity index (χ0n) is 9.91.